The first-order chi connectivity index (χ1) is 21.8. The third-order valence-electron chi connectivity index (χ3n) is 9.72. The summed E-state index contributed by atoms with van der Waals surface area (Å²) in [7, 11) is -4.52. The van der Waals surface area contributed by atoms with Crippen molar-refractivity contribution in [2.24, 2.45) is 0 Å². The molecule has 0 radical (unpaired) electrons. The molecule has 2 bridgehead atoms. The Bertz CT molecular complexity index is 1830. The van der Waals surface area contributed by atoms with Gasteiger partial charge in [-0.05, 0) is 44.4 Å². The van der Waals surface area contributed by atoms with E-state index in [-0.39, 0.29) is 72.3 Å². The largest absolute Gasteiger partial charge is 0.461 e. The Morgan fingerprint density at radius 3 is 2.65 bits per heavy atom. The van der Waals surface area contributed by atoms with Crippen LogP contribution in [0.2, 0.25) is 5.15 Å². The number of sulfonamides is 1. The molecule has 46 heavy (non-hydrogen) atoms. The highest BCUT2D eigenvalue weighted by molar-refractivity contribution is 7.89. The van der Waals surface area contributed by atoms with Crippen LogP contribution in [-0.4, -0.2) is 100 Å². The average Bonchev–Trinajstić information content (AvgIpc) is 3.64. The van der Waals surface area contributed by atoms with Crippen molar-refractivity contribution in [2.75, 3.05) is 37.7 Å². The number of halogens is 5. The number of alkyl halides is 3. The number of hydrogen-bond acceptors (Lipinski definition) is 10. The number of piperazine rings is 1. The minimum Gasteiger partial charge on any atom is -0.461 e. The van der Waals surface area contributed by atoms with E-state index in [9.17, 15) is 22.9 Å². The van der Waals surface area contributed by atoms with Gasteiger partial charge in [0.25, 0.3) is 12.1 Å². The van der Waals surface area contributed by atoms with Crippen molar-refractivity contribution in [3.8, 4) is 6.01 Å². The first-order valence-corrected chi connectivity index (χ1v) is 16.5. The van der Waals surface area contributed by atoms with Crippen LogP contribution >= 0.6 is 11.6 Å². The number of hydrogen-bond donors (Lipinski definition) is 0. The SMILES string of the molecule is O=[N+]([O-])c1ccc(S(=O)(=O)N2C3CCC2(C(F)F)CN(c2nc(OC[C@@]45CCCN4C[C@H](F)C5)nc4c(F)c(Cl)ncc24)C3)cc1. The molecule has 0 saturated carbocycles. The van der Waals surface area contributed by atoms with Gasteiger partial charge in [-0.2, -0.15) is 14.3 Å². The smallest absolute Gasteiger partial charge is 0.319 e. The van der Waals surface area contributed by atoms with Crippen LogP contribution in [-0.2, 0) is 10.0 Å². The van der Waals surface area contributed by atoms with Crippen LogP contribution in [0.25, 0.3) is 10.9 Å². The Morgan fingerprint density at radius 2 is 1.93 bits per heavy atom. The van der Waals surface area contributed by atoms with Crippen LogP contribution in [0.5, 0.6) is 6.01 Å². The van der Waals surface area contributed by atoms with Crippen LogP contribution in [0.15, 0.2) is 35.4 Å². The Morgan fingerprint density at radius 1 is 1.17 bits per heavy atom. The van der Waals surface area contributed by atoms with Crippen molar-refractivity contribution in [1.82, 2.24) is 24.2 Å². The molecular formula is C28H28ClF4N7O5S. The number of pyridine rings is 1. The van der Waals surface area contributed by atoms with Gasteiger partial charge in [0.05, 0.1) is 20.7 Å². The number of benzene rings is 1. The van der Waals surface area contributed by atoms with Crippen molar-refractivity contribution in [3.63, 3.8) is 0 Å². The summed E-state index contributed by atoms with van der Waals surface area (Å²) in [4.78, 5) is 26.1. The van der Waals surface area contributed by atoms with Crippen LogP contribution in [0.3, 0.4) is 0 Å². The molecule has 2 aromatic heterocycles. The van der Waals surface area contributed by atoms with E-state index in [1.54, 1.807) is 0 Å². The second kappa shape index (κ2) is 11.1. The molecule has 4 fully saturated rings. The Balaban J connectivity index is 1.25. The van der Waals surface area contributed by atoms with Crippen molar-refractivity contribution in [1.29, 1.82) is 0 Å². The lowest BCUT2D eigenvalue weighted by Gasteiger charge is -2.47. The van der Waals surface area contributed by atoms with E-state index in [2.05, 4.69) is 15.0 Å². The molecule has 4 aliphatic heterocycles. The van der Waals surface area contributed by atoms with Gasteiger partial charge in [0.2, 0.25) is 10.0 Å². The summed E-state index contributed by atoms with van der Waals surface area (Å²) in [5.74, 6) is -0.952. The number of fused-ring (bicyclic) bond motifs is 4. The lowest BCUT2D eigenvalue weighted by Crippen LogP contribution is -2.66. The Labute approximate surface area is 265 Å². The van der Waals surface area contributed by atoms with Gasteiger partial charge < -0.3 is 9.64 Å². The molecule has 1 aromatic carbocycles. The number of rotatable bonds is 8. The van der Waals surface area contributed by atoms with Crippen molar-refractivity contribution in [2.45, 2.75) is 66.7 Å². The van der Waals surface area contributed by atoms with Gasteiger partial charge in [-0.3, -0.25) is 15.0 Å². The van der Waals surface area contributed by atoms with Gasteiger partial charge in [-0.15, -0.1) is 0 Å². The Hall–Kier alpha value is -3.41. The standard InChI is InChI=1S/C28H28ClF4N7O5S/c29-23-21(31)22-20(11-34-23)24(36-26(35-22)45-15-27-7-1-9-38(27)12-16(30)10-27)37-13-18-6-8-28(14-37,25(32)33)39(18)46(43,44)19-4-2-17(3-5-19)40(41)42/h2-5,11,16,18,25H,1,6-10,12-15H2/t16-,18?,27+,28?/m1/s1. The molecule has 12 nitrogen and oxygen atoms in total. The molecule has 0 amide bonds. The maximum Gasteiger partial charge on any atom is 0.319 e. The first-order valence-electron chi connectivity index (χ1n) is 14.7. The molecule has 4 saturated heterocycles. The predicted molar refractivity (Wildman–Crippen MR) is 157 cm³/mol. The first kappa shape index (κ1) is 31.2. The number of aromatic nitrogens is 3. The molecule has 2 unspecified atom stereocenters. The minimum atomic E-state index is -4.52. The molecule has 246 valence electrons. The molecule has 0 N–H and O–H groups in total. The molecule has 0 aliphatic carbocycles. The van der Waals surface area contributed by atoms with Gasteiger partial charge in [-0.25, -0.2) is 31.0 Å². The molecule has 4 atom stereocenters. The normalized spacial score (nSPS) is 28.3. The zero-order chi connectivity index (χ0) is 32.6. The van der Waals surface area contributed by atoms with Gasteiger partial charge in [0, 0.05) is 50.4 Å². The predicted octanol–water partition coefficient (Wildman–Crippen LogP) is 4.36. The van der Waals surface area contributed by atoms with Gasteiger partial charge in [0.15, 0.2) is 11.0 Å². The zero-order valence-corrected chi connectivity index (χ0v) is 25.7. The Kier molecular flexibility index (Phi) is 7.53. The third kappa shape index (κ3) is 4.85. The number of nitro benzene ring substituents is 1. The fourth-order valence-electron chi connectivity index (χ4n) is 7.65. The van der Waals surface area contributed by atoms with Crippen molar-refractivity contribution in [3.05, 3.63) is 51.5 Å². The van der Waals surface area contributed by atoms with E-state index in [4.69, 9.17) is 16.3 Å². The number of nitrogens with zero attached hydrogens (tertiary/aromatic N) is 7. The summed E-state index contributed by atoms with van der Waals surface area (Å²) in [6.45, 7) is 0.437. The summed E-state index contributed by atoms with van der Waals surface area (Å²) < 4.78 is 94.3. The second-order valence-corrected chi connectivity index (χ2v) is 14.5. The lowest BCUT2D eigenvalue weighted by atomic mass is 9.95. The zero-order valence-electron chi connectivity index (χ0n) is 24.2. The fraction of sp³-hybridized carbons (Fsp3) is 0.536. The van der Waals surface area contributed by atoms with Gasteiger partial charge in [0.1, 0.15) is 29.7 Å². The topological polar surface area (TPSA) is 135 Å². The quantitative estimate of drug-likeness (QED) is 0.146. The van der Waals surface area contributed by atoms with E-state index < -0.39 is 62.2 Å². The number of anilines is 1. The highest BCUT2D eigenvalue weighted by Gasteiger charge is 2.62. The summed E-state index contributed by atoms with van der Waals surface area (Å²) in [6, 6.07) is 2.87. The highest BCUT2D eigenvalue weighted by Crippen LogP contribution is 2.48. The molecule has 6 heterocycles. The molecule has 3 aromatic rings. The second-order valence-electron chi connectivity index (χ2n) is 12.3. The summed E-state index contributed by atoms with van der Waals surface area (Å²) >= 11 is 5.96. The monoisotopic (exact) mass is 685 g/mol. The van der Waals surface area contributed by atoms with Crippen LogP contribution in [0.4, 0.5) is 29.1 Å². The van der Waals surface area contributed by atoms with E-state index >= 15 is 13.2 Å². The summed E-state index contributed by atoms with van der Waals surface area (Å²) in [6.07, 6.45) is -1.18. The van der Waals surface area contributed by atoms with Crippen molar-refractivity contribution >= 4 is 44.0 Å². The van der Waals surface area contributed by atoms with Crippen molar-refractivity contribution < 1.29 is 35.6 Å². The average molecular weight is 686 g/mol. The van der Waals surface area contributed by atoms with Gasteiger partial charge >= 0.3 is 6.01 Å². The number of ether oxygens (including phenoxy) is 1. The molecular weight excluding hydrogens is 658 g/mol. The minimum absolute atomic E-state index is 0.0166. The maximum atomic E-state index is 15.3. The van der Waals surface area contributed by atoms with Crippen LogP contribution in [0.1, 0.15) is 32.1 Å². The van der Waals surface area contributed by atoms with Crippen LogP contribution < -0.4 is 9.64 Å². The lowest BCUT2D eigenvalue weighted by molar-refractivity contribution is -0.384. The van der Waals surface area contributed by atoms with Crippen LogP contribution in [0, 0.1) is 15.9 Å². The fourth-order valence-corrected chi connectivity index (χ4v) is 9.77. The summed E-state index contributed by atoms with van der Waals surface area (Å²) in [5.41, 5.74) is -3.36. The molecule has 0 spiro atoms. The van der Waals surface area contributed by atoms with E-state index in [1.165, 1.54) is 11.1 Å². The third-order valence-corrected chi connectivity index (χ3v) is 12.0. The van der Waals surface area contributed by atoms with E-state index in [1.807, 2.05) is 4.90 Å². The summed E-state index contributed by atoms with van der Waals surface area (Å²) in [5, 5.41) is 10.7. The van der Waals surface area contributed by atoms with E-state index in [0.717, 1.165) is 35.0 Å². The maximum absolute atomic E-state index is 15.3. The number of non-ortho nitro benzene ring substituents is 1. The highest BCUT2D eigenvalue weighted by atomic mass is 35.5. The number of nitro groups is 1. The van der Waals surface area contributed by atoms with E-state index in [0.29, 0.717) is 13.0 Å². The molecule has 18 heteroatoms. The molecule has 7 rings (SSSR count). The molecule has 4 aliphatic rings. The van der Waals surface area contributed by atoms with Gasteiger partial charge in [-0.1, -0.05) is 11.6 Å².